The van der Waals surface area contributed by atoms with E-state index in [0.717, 1.165) is 35.8 Å². The zero-order valence-corrected chi connectivity index (χ0v) is 21.4. The zero-order chi connectivity index (χ0) is 23.7. The molecule has 7 nitrogen and oxygen atoms in total. The Morgan fingerprint density at radius 2 is 1.94 bits per heavy atom. The summed E-state index contributed by atoms with van der Waals surface area (Å²) >= 11 is 1.84. The van der Waals surface area contributed by atoms with Crippen LogP contribution in [0.2, 0.25) is 0 Å². The first kappa shape index (κ1) is 26.3. The highest BCUT2D eigenvalue weighted by molar-refractivity contribution is 7.99. The van der Waals surface area contributed by atoms with E-state index in [9.17, 15) is 4.79 Å². The van der Waals surface area contributed by atoms with E-state index in [2.05, 4.69) is 18.8 Å². The molecule has 186 valence electrons. The Hall–Kier alpha value is -1.35. The molecule has 0 bridgehead atoms. The number of β-lactam (4-membered cyclic amide) rings is 1. The standard InChI is InChI=1S/C25H40N2O5S/c1-19(2)15-33-16-23-25(31-18-30-4,24(28)27(23)17-29-3)14-20-13-22(11-12-26-20)32-21-9-7-5-6-8-10-21/h11-13,19,21,23H,5-10,14-18H2,1-4H3/t23?,25-/m1/s1. The van der Waals surface area contributed by atoms with Crippen LogP contribution in [-0.4, -0.2) is 72.8 Å². The molecule has 1 saturated heterocycles. The van der Waals surface area contributed by atoms with E-state index in [1.807, 2.05) is 23.9 Å². The van der Waals surface area contributed by atoms with E-state index < -0.39 is 5.60 Å². The molecule has 0 N–H and O–H groups in total. The number of hydrogen-bond acceptors (Lipinski definition) is 7. The van der Waals surface area contributed by atoms with Gasteiger partial charge in [-0.3, -0.25) is 9.78 Å². The third-order valence-electron chi connectivity index (χ3n) is 6.30. The molecule has 8 heteroatoms. The fourth-order valence-corrected chi connectivity index (χ4v) is 5.93. The summed E-state index contributed by atoms with van der Waals surface area (Å²) in [6, 6.07) is 3.76. The number of likely N-dealkylation sites (tertiary alicyclic amines) is 1. The van der Waals surface area contributed by atoms with E-state index in [1.54, 1.807) is 25.3 Å². The van der Waals surface area contributed by atoms with Crippen LogP contribution in [-0.2, 0) is 25.4 Å². The van der Waals surface area contributed by atoms with Crippen molar-refractivity contribution >= 4 is 17.7 Å². The maximum Gasteiger partial charge on any atom is 0.259 e. The van der Waals surface area contributed by atoms with Gasteiger partial charge in [0.25, 0.3) is 5.91 Å². The van der Waals surface area contributed by atoms with Crippen LogP contribution in [0.4, 0.5) is 0 Å². The second-order valence-electron chi connectivity index (χ2n) is 9.47. The van der Waals surface area contributed by atoms with Gasteiger partial charge in [-0.15, -0.1) is 0 Å². The molecule has 2 fully saturated rings. The summed E-state index contributed by atoms with van der Waals surface area (Å²) in [5.41, 5.74) is -0.214. The van der Waals surface area contributed by atoms with Gasteiger partial charge < -0.3 is 23.8 Å². The minimum Gasteiger partial charge on any atom is -0.490 e. The maximum atomic E-state index is 13.3. The van der Waals surface area contributed by atoms with Crippen LogP contribution in [0, 0.1) is 5.92 Å². The molecule has 2 aliphatic rings. The molecule has 1 unspecified atom stereocenters. The van der Waals surface area contributed by atoms with Crippen LogP contribution in [0.15, 0.2) is 18.3 Å². The molecule has 1 saturated carbocycles. The number of carbonyl (C=O) groups is 1. The molecule has 3 rings (SSSR count). The van der Waals surface area contributed by atoms with Gasteiger partial charge in [-0.05, 0) is 43.4 Å². The van der Waals surface area contributed by atoms with E-state index in [4.69, 9.17) is 18.9 Å². The Labute approximate surface area is 202 Å². The van der Waals surface area contributed by atoms with E-state index >= 15 is 0 Å². The van der Waals surface area contributed by atoms with Crippen molar-refractivity contribution in [3.63, 3.8) is 0 Å². The number of thioether (sulfide) groups is 1. The Morgan fingerprint density at radius 1 is 1.18 bits per heavy atom. The number of aromatic nitrogens is 1. The summed E-state index contributed by atoms with van der Waals surface area (Å²) in [6.45, 7) is 4.70. The van der Waals surface area contributed by atoms with Crippen LogP contribution in [0.5, 0.6) is 5.75 Å². The predicted octanol–water partition coefficient (Wildman–Crippen LogP) is 4.29. The first-order chi connectivity index (χ1) is 16.0. The van der Waals surface area contributed by atoms with Crippen molar-refractivity contribution in [3.8, 4) is 5.75 Å². The highest BCUT2D eigenvalue weighted by atomic mass is 32.2. The van der Waals surface area contributed by atoms with Gasteiger partial charge in [0.15, 0.2) is 5.60 Å². The van der Waals surface area contributed by atoms with Crippen LogP contribution in [0.1, 0.15) is 58.1 Å². The summed E-state index contributed by atoms with van der Waals surface area (Å²) in [5.74, 6) is 3.12. The minimum absolute atomic E-state index is 0.0518. The zero-order valence-electron chi connectivity index (χ0n) is 20.6. The van der Waals surface area contributed by atoms with Crippen LogP contribution < -0.4 is 4.74 Å². The van der Waals surface area contributed by atoms with Gasteiger partial charge in [-0.1, -0.05) is 26.7 Å². The molecule has 1 aliphatic heterocycles. The van der Waals surface area contributed by atoms with Crippen molar-refractivity contribution in [1.29, 1.82) is 0 Å². The van der Waals surface area contributed by atoms with Gasteiger partial charge in [-0.2, -0.15) is 11.8 Å². The molecule has 0 radical (unpaired) electrons. The average Bonchev–Trinajstić information content (AvgIpc) is 3.07. The molecule has 33 heavy (non-hydrogen) atoms. The third-order valence-corrected chi connectivity index (χ3v) is 7.76. The highest BCUT2D eigenvalue weighted by Crippen LogP contribution is 2.40. The lowest BCUT2D eigenvalue weighted by Crippen LogP contribution is -2.77. The van der Waals surface area contributed by atoms with Crippen LogP contribution in [0.25, 0.3) is 0 Å². The predicted molar refractivity (Wildman–Crippen MR) is 130 cm³/mol. The molecule has 2 atom stereocenters. The summed E-state index contributed by atoms with van der Waals surface area (Å²) in [5, 5.41) is 0. The Morgan fingerprint density at radius 3 is 2.61 bits per heavy atom. The fourth-order valence-electron chi connectivity index (χ4n) is 4.65. The number of methoxy groups -OCH3 is 2. The van der Waals surface area contributed by atoms with Gasteiger partial charge in [0.2, 0.25) is 0 Å². The maximum absolute atomic E-state index is 13.3. The van der Waals surface area contributed by atoms with Crippen molar-refractivity contribution in [2.75, 3.05) is 39.2 Å². The number of rotatable bonds is 13. The fraction of sp³-hybridized carbons (Fsp3) is 0.760. The van der Waals surface area contributed by atoms with Crippen molar-refractivity contribution in [1.82, 2.24) is 9.88 Å². The Bertz CT molecular complexity index is 741. The lowest BCUT2D eigenvalue weighted by Gasteiger charge is -2.54. The SMILES string of the molecule is COCO[C@@]1(Cc2cc(OC3CCCCCC3)ccn2)C(=O)N(COC)C1CSCC(C)C. The molecule has 2 heterocycles. The second-order valence-corrected chi connectivity index (χ2v) is 10.5. The van der Waals surface area contributed by atoms with E-state index in [0.29, 0.717) is 12.3 Å². The van der Waals surface area contributed by atoms with Crippen LogP contribution in [0.3, 0.4) is 0 Å². The number of ether oxygens (including phenoxy) is 4. The summed E-state index contributed by atoms with van der Waals surface area (Å²) in [6.07, 6.45) is 9.61. The largest absolute Gasteiger partial charge is 0.490 e. The molecule has 0 spiro atoms. The summed E-state index contributed by atoms with van der Waals surface area (Å²) < 4.78 is 22.9. The molecule has 1 aromatic rings. The number of amides is 1. The van der Waals surface area contributed by atoms with Gasteiger partial charge in [0.05, 0.1) is 12.1 Å². The van der Waals surface area contributed by atoms with Crippen molar-refractivity contribution < 1.29 is 23.7 Å². The number of carbonyl (C=O) groups excluding carboxylic acids is 1. The molecular weight excluding hydrogens is 440 g/mol. The second kappa shape index (κ2) is 12.9. The lowest BCUT2D eigenvalue weighted by atomic mass is 9.79. The molecule has 0 aromatic carbocycles. The number of pyridine rings is 1. The Balaban J connectivity index is 1.77. The van der Waals surface area contributed by atoms with E-state index in [1.165, 1.54) is 25.7 Å². The number of nitrogens with zero attached hydrogens (tertiary/aromatic N) is 2. The lowest BCUT2D eigenvalue weighted by molar-refractivity contribution is -0.229. The van der Waals surface area contributed by atoms with Gasteiger partial charge in [0, 0.05) is 44.4 Å². The Kier molecular flexibility index (Phi) is 10.3. The molecular formula is C25H40N2O5S. The first-order valence-corrected chi connectivity index (χ1v) is 13.3. The molecule has 1 amide bonds. The van der Waals surface area contributed by atoms with Gasteiger partial charge >= 0.3 is 0 Å². The van der Waals surface area contributed by atoms with Crippen molar-refractivity contribution in [2.45, 2.75) is 76.5 Å². The smallest absolute Gasteiger partial charge is 0.259 e. The quantitative estimate of drug-likeness (QED) is 0.237. The van der Waals surface area contributed by atoms with Crippen molar-refractivity contribution in [2.24, 2.45) is 5.92 Å². The normalized spacial score (nSPS) is 24.1. The first-order valence-electron chi connectivity index (χ1n) is 12.1. The molecule has 1 aliphatic carbocycles. The van der Waals surface area contributed by atoms with Crippen LogP contribution >= 0.6 is 11.8 Å². The number of hydrogen-bond donors (Lipinski definition) is 0. The average molecular weight is 481 g/mol. The minimum atomic E-state index is -1.01. The summed E-state index contributed by atoms with van der Waals surface area (Å²) in [4.78, 5) is 19.7. The van der Waals surface area contributed by atoms with Crippen molar-refractivity contribution in [3.05, 3.63) is 24.0 Å². The third kappa shape index (κ3) is 6.84. The van der Waals surface area contributed by atoms with Gasteiger partial charge in [-0.25, -0.2) is 0 Å². The van der Waals surface area contributed by atoms with E-state index in [-0.39, 0.29) is 31.6 Å². The monoisotopic (exact) mass is 480 g/mol. The summed E-state index contributed by atoms with van der Waals surface area (Å²) in [7, 11) is 3.18. The highest BCUT2D eigenvalue weighted by Gasteiger charge is 2.62. The topological polar surface area (TPSA) is 70.1 Å². The van der Waals surface area contributed by atoms with Gasteiger partial charge in [0.1, 0.15) is 19.3 Å². The molecule has 1 aromatic heterocycles.